The van der Waals surface area contributed by atoms with E-state index in [0.717, 1.165) is 5.56 Å². The fourth-order valence-electron chi connectivity index (χ4n) is 0.549. The quantitative estimate of drug-likeness (QED) is 0.615. The second kappa shape index (κ2) is 7.03. The van der Waals surface area contributed by atoms with E-state index < -0.39 is 15.1 Å². The summed E-state index contributed by atoms with van der Waals surface area (Å²) >= 11 is -0.931. The third kappa shape index (κ3) is 6.74. The van der Waals surface area contributed by atoms with E-state index >= 15 is 0 Å². The molecule has 0 aliphatic rings. The van der Waals surface area contributed by atoms with Gasteiger partial charge in [0.05, 0.1) is 0 Å². The average Bonchev–Trinajstić information content (AvgIpc) is 1.88. The van der Waals surface area contributed by atoms with Crippen LogP contribution in [-0.4, -0.2) is 0 Å². The Hall–Kier alpha value is 0.353. The van der Waals surface area contributed by atoms with Crippen molar-refractivity contribution in [1.29, 1.82) is 0 Å². The van der Waals surface area contributed by atoms with Crippen LogP contribution >= 0.6 is 19.4 Å². The van der Waals surface area contributed by atoms with Crippen LogP contribution < -0.4 is 0 Å². The molecular weight excluding hydrogens is 239 g/mol. The first-order valence-corrected chi connectivity index (χ1v) is 10.8. The Balaban J connectivity index is 0.000000292. The topological polar surface area (TPSA) is 0 Å². The van der Waals surface area contributed by atoms with Gasteiger partial charge in [0.25, 0.3) is 0 Å². The molecule has 11 heavy (non-hydrogen) atoms. The van der Waals surface area contributed by atoms with Crippen LogP contribution in [0.1, 0.15) is 5.56 Å². The second-order valence-corrected chi connectivity index (χ2v) is 6.41. The monoisotopic (exact) mass is 243 g/mol. The van der Waals surface area contributed by atoms with Crippen molar-refractivity contribution in [1.82, 2.24) is 0 Å². The predicted molar refractivity (Wildman–Crippen MR) is 41.7 cm³/mol. The number of halogens is 3. The first-order chi connectivity index (χ1) is 5.20. The number of rotatable bonds is 0. The van der Waals surface area contributed by atoms with E-state index in [1.165, 1.54) is 12.1 Å². The van der Waals surface area contributed by atoms with Crippen molar-refractivity contribution >= 4 is 19.4 Å². The molecule has 57 valence electrons. The van der Waals surface area contributed by atoms with Gasteiger partial charge in [-0.1, -0.05) is 6.07 Å². The van der Waals surface area contributed by atoms with E-state index in [1.54, 1.807) is 6.07 Å². The summed E-state index contributed by atoms with van der Waals surface area (Å²) in [5.41, 5.74) is 0.838. The van der Waals surface area contributed by atoms with E-state index in [0.29, 0.717) is 0 Å². The van der Waals surface area contributed by atoms with Crippen LogP contribution in [0, 0.1) is 18.8 Å². The van der Waals surface area contributed by atoms with Crippen LogP contribution in [0.25, 0.3) is 0 Å². The van der Waals surface area contributed by atoms with Crippen molar-refractivity contribution in [2.45, 2.75) is 6.92 Å². The van der Waals surface area contributed by atoms with Gasteiger partial charge >= 0.3 is 34.5 Å². The van der Waals surface area contributed by atoms with Crippen LogP contribution in [0.3, 0.4) is 0 Å². The Kier molecular flexibility index (Phi) is 7.25. The standard InChI is InChI=1S/C7H6F.2ClH.Zn/c1-6-3-2-4-7(8)5-6;;;/h2,4-5H,1H3;2*1H;/q;;;+2/p-2. The third-order valence-electron chi connectivity index (χ3n) is 0.908. The summed E-state index contributed by atoms with van der Waals surface area (Å²) in [6.07, 6.45) is 0. The predicted octanol–water partition coefficient (Wildman–Crippen LogP) is 3.31. The van der Waals surface area contributed by atoms with E-state index in [-0.39, 0.29) is 5.82 Å². The Morgan fingerprint density at radius 1 is 1.55 bits per heavy atom. The fourth-order valence-corrected chi connectivity index (χ4v) is 0.549. The van der Waals surface area contributed by atoms with Gasteiger partial charge < -0.3 is 0 Å². The zero-order valence-electron chi connectivity index (χ0n) is 6.07. The van der Waals surface area contributed by atoms with E-state index in [4.69, 9.17) is 19.4 Å². The zero-order valence-corrected chi connectivity index (χ0v) is 10.6. The molecule has 0 heterocycles. The number of benzene rings is 1. The molecule has 0 nitrogen and oxygen atoms in total. The molecule has 0 bridgehead atoms. The van der Waals surface area contributed by atoms with Gasteiger partial charge in [-0.3, -0.25) is 0 Å². The van der Waals surface area contributed by atoms with Gasteiger partial charge in [-0.2, -0.15) is 0 Å². The Morgan fingerprint density at radius 3 is 2.36 bits per heavy atom. The first kappa shape index (κ1) is 11.4. The third-order valence-corrected chi connectivity index (χ3v) is 0.908. The van der Waals surface area contributed by atoms with Gasteiger partial charge in [-0.05, 0) is 30.7 Å². The number of hydrogen-bond acceptors (Lipinski definition) is 0. The molecule has 0 saturated carbocycles. The molecule has 0 aliphatic carbocycles. The molecule has 0 N–H and O–H groups in total. The summed E-state index contributed by atoms with van der Waals surface area (Å²) in [5.74, 6) is -0.193. The van der Waals surface area contributed by atoms with Crippen molar-refractivity contribution in [3.05, 3.63) is 35.6 Å². The molecule has 1 radical (unpaired) electrons. The molecule has 1 rings (SSSR count). The van der Waals surface area contributed by atoms with Crippen molar-refractivity contribution in [2.24, 2.45) is 0 Å². The molecule has 1 aromatic rings. The first-order valence-electron chi connectivity index (χ1n) is 2.96. The fraction of sp³-hybridized carbons (Fsp3) is 0.143. The number of hydrogen-bond donors (Lipinski definition) is 0. The van der Waals surface area contributed by atoms with Crippen LogP contribution in [0.15, 0.2) is 18.2 Å². The summed E-state index contributed by atoms with van der Waals surface area (Å²) in [7, 11) is 9.90. The van der Waals surface area contributed by atoms with Gasteiger partial charge in [-0.15, -0.1) is 0 Å². The Morgan fingerprint density at radius 2 is 2.09 bits per heavy atom. The summed E-state index contributed by atoms with van der Waals surface area (Å²) in [6, 6.07) is 7.23. The summed E-state index contributed by atoms with van der Waals surface area (Å²) in [6.45, 7) is 1.81. The van der Waals surface area contributed by atoms with Crippen molar-refractivity contribution in [3.8, 4) is 0 Å². The summed E-state index contributed by atoms with van der Waals surface area (Å²) < 4.78 is 12.1. The molecule has 0 atom stereocenters. The van der Waals surface area contributed by atoms with Gasteiger partial charge in [0.15, 0.2) is 0 Å². The minimum absolute atomic E-state index is 0.193. The van der Waals surface area contributed by atoms with E-state index in [9.17, 15) is 4.39 Å². The Bertz CT molecular complexity index is 188. The van der Waals surface area contributed by atoms with Gasteiger partial charge in [0.2, 0.25) is 0 Å². The molecule has 0 unspecified atom stereocenters. The zero-order chi connectivity index (χ0) is 8.69. The molecule has 4 heteroatoms. The molecule has 1 aromatic carbocycles. The molecule has 0 aliphatic heterocycles. The molecule has 0 saturated heterocycles. The average molecular weight is 245 g/mol. The van der Waals surface area contributed by atoms with Gasteiger partial charge in [0.1, 0.15) is 5.82 Å². The summed E-state index contributed by atoms with van der Waals surface area (Å²) in [5, 5.41) is 0. The Labute approximate surface area is 81.4 Å². The van der Waals surface area contributed by atoms with Crippen molar-refractivity contribution < 1.29 is 19.5 Å². The molecule has 0 aromatic heterocycles. The molecule has 0 amide bonds. The SMILES string of the molecule is Cc1[c]ccc(F)c1.[Cl][Zn][Cl]. The molecule has 0 spiro atoms. The van der Waals surface area contributed by atoms with Crippen LogP contribution in [-0.2, 0) is 15.1 Å². The van der Waals surface area contributed by atoms with Gasteiger partial charge in [-0.25, -0.2) is 4.39 Å². The van der Waals surface area contributed by atoms with E-state index in [2.05, 4.69) is 6.07 Å². The van der Waals surface area contributed by atoms with Crippen molar-refractivity contribution in [3.63, 3.8) is 0 Å². The summed E-state index contributed by atoms with van der Waals surface area (Å²) in [4.78, 5) is 0. The van der Waals surface area contributed by atoms with Crippen LogP contribution in [0.2, 0.25) is 0 Å². The van der Waals surface area contributed by atoms with Crippen LogP contribution in [0.5, 0.6) is 0 Å². The van der Waals surface area contributed by atoms with Crippen molar-refractivity contribution in [2.75, 3.05) is 0 Å². The minimum atomic E-state index is -0.931. The van der Waals surface area contributed by atoms with Crippen LogP contribution in [0.4, 0.5) is 4.39 Å². The number of aryl methyl sites for hydroxylation is 1. The molecular formula is C7H6Cl2FZn. The second-order valence-electron chi connectivity index (χ2n) is 1.79. The van der Waals surface area contributed by atoms with E-state index in [1.807, 2.05) is 6.92 Å². The molecule has 0 fully saturated rings. The normalized spacial score (nSPS) is 7.64. The maximum absolute atomic E-state index is 12.1. The van der Waals surface area contributed by atoms with Gasteiger partial charge in [0, 0.05) is 0 Å². The maximum atomic E-state index is 12.1.